The highest BCUT2D eigenvalue weighted by atomic mass is 32.2. The van der Waals surface area contributed by atoms with Crippen molar-refractivity contribution in [1.82, 2.24) is 4.31 Å². The highest BCUT2D eigenvalue weighted by Crippen LogP contribution is 2.20. The van der Waals surface area contributed by atoms with E-state index in [2.05, 4.69) is 0 Å². The van der Waals surface area contributed by atoms with E-state index in [-0.39, 0.29) is 5.60 Å². The Balaban J connectivity index is 2.23. The fourth-order valence-electron chi connectivity index (χ4n) is 1.60. The van der Waals surface area contributed by atoms with Gasteiger partial charge in [0.1, 0.15) is 0 Å². The number of nitrogens with zero attached hydrogens (tertiary/aromatic N) is 1. The molecule has 90 valence electrons. The molecule has 1 heterocycles. The van der Waals surface area contributed by atoms with Crippen molar-refractivity contribution in [1.29, 1.82) is 0 Å². The van der Waals surface area contributed by atoms with Gasteiger partial charge in [-0.3, -0.25) is 4.55 Å². The topological polar surface area (TPSA) is 49.8 Å². The maximum Gasteiger partial charge on any atom is 0.234 e. The van der Waals surface area contributed by atoms with Crippen molar-refractivity contribution in [3.05, 3.63) is 0 Å². The summed E-state index contributed by atoms with van der Waals surface area (Å²) in [6, 6.07) is 0. The van der Waals surface area contributed by atoms with Crippen molar-refractivity contribution >= 4 is 11.3 Å². The van der Waals surface area contributed by atoms with Gasteiger partial charge in [-0.2, -0.15) is 0 Å². The summed E-state index contributed by atoms with van der Waals surface area (Å²) in [5.74, 6) is 0.532. The fraction of sp³-hybridized carbons (Fsp3) is 1.00. The van der Waals surface area contributed by atoms with Crippen molar-refractivity contribution in [3.63, 3.8) is 0 Å². The summed E-state index contributed by atoms with van der Waals surface area (Å²) in [5.41, 5.74) is -0.0864. The molecule has 0 aromatic carbocycles. The number of hydrogen-bond donors (Lipinski definition) is 1. The minimum Gasteiger partial charge on any atom is -0.376 e. The number of ether oxygens (including phenoxy) is 1. The zero-order valence-electron chi connectivity index (χ0n) is 9.73. The number of piperidine rings is 1. The van der Waals surface area contributed by atoms with Crippen LogP contribution in [0.5, 0.6) is 0 Å². The van der Waals surface area contributed by atoms with Gasteiger partial charge in [0.25, 0.3) is 0 Å². The maximum atomic E-state index is 10.8. The Hall–Kier alpha value is 0.0300. The molecule has 1 saturated heterocycles. The van der Waals surface area contributed by atoms with Gasteiger partial charge in [-0.1, -0.05) is 0 Å². The Labute approximate surface area is 94.4 Å². The van der Waals surface area contributed by atoms with Crippen LogP contribution in [0.2, 0.25) is 0 Å². The monoisotopic (exact) mass is 235 g/mol. The van der Waals surface area contributed by atoms with E-state index >= 15 is 0 Å². The lowest BCUT2D eigenvalue weighted by atomic mass is 9.99. The Kier molecular flexibility index (Phi) is 4.70. The van der Waals surface area contributed by atoms with E-state index in [1.165, 1.54) is 0 Å². The van der Waals surface area contributed by atoms with Crippen LogP contribution >= 0.6 is 0 Å². The first-order valence-corrected chi connectivity index (χ1v) is 6.45. The molecular weight excluding hydrogens is 214 g/mol. The second-order valence-corrected chi connectivity index (χ2v) is 6.00. The molecule has 1 fully saturated rings. The summed E-state index contributed by atoms with van der Waals surface area (Å²) >= 11 is -1.80. The molecule has 5 heteroatoms. The van der Waals surface area contributed by atoms with Crippen LogP contribution in [0.1, 0.15) is 33.6 Å². The van der Waals surface area contributed by atoms with Crippen LogP contribution in [-0.2, 0) is 16.0 Å². The van der Waals surface area contributed by atoms with Gasteiger partial charge in [0, 0.05) is 13.1 Å². The molecule has 0 aliphatic carbocycles. The highest BCUT2D eigenvalue weighted by Gasteiger charge is 2.23. The lowest BCUT2D eigenvalue weighted by Crippen LogP contribution is -2.37. The predicted octanol–water partition coefficient (Wildman–Crippen LogP) is 1.65. The largest absolute Gasteiger partial charge is 0.376 e. The van der Waals surface area contributed by atoms with Crippen LogP contribution in [-0.4, -0.2) is 38.4 Å². The standard InChI is InChI=1S/C10H21NO3S/c1-10(2,3)14-8-9-4-6-11(7-5-9)15(12)13/h9H,4-8H2,1-3H3,(H,12,13). The average molecular weight is 235 g/mol. The molecule has 0 aromatic rings. The zero-order chi connectivity index (χ0) is 11.5. The van der Waals surface area contributed by atoms with Gasteiger partial charge >= 0.3 is 0 Å². The summed E-state index contributed by atoms with van der Waals surface area (Å²) < 4.78 is 27.0. The lowest BCUT2D eigenvalue weighted by molar-refractivity contribution is -0.0293. The molecule has 0 amide bonds. The van der Waals surface area contributed by atoms with Gasteiger partial charge < -0.3 is 4.74 Å². The summed E-state index contributed by atoms with van der Waals surface area (Å²) in [6.07, 6.45) is 1.89. The Morgan fingerprint density at radius 1 is 1.40 bits per heavy atom. The van der Waals surface area contributed by atoms with Crippen LogP contribution in [0, 0.1) is 5.92 Å². The average Bonchev–Trinajstić information content (AvgIpc) is 2.14. The quantitative estimate of drug-likeness (QED) is 0.757. The molecule has 1 unspecified atom stereocenters. The first-order chi connectivity index (χ1) is 6.88. The molecule has 0 bridgehead atoms. The van der Waals surface area contributed by atoms with Gasteiger partial charge in [0.05, 0.1) is 12.2 Å². The van der Waals surface area contributed by atoms with Gasteiger partial charge in [-0.25, -0.2) is 8.51 Å². The molecule has 4 nitrogen and oxygen atoms in total. The molecule has 0 saturated carbocycles. The van der Waals surface area contributed by atoms with Crippen molar-refractivity contribution in [2.75, 3.05) is 19.7 Å². The van der Waals surface area contributed by atoms with Gasteiger partial charge in [-0.15, -0.1) is 0 Å². The predicted molar refractivity (Wildman–Crippen MR) is 60.8 cm³/mol. The first kappa shape index (κ1) is 13.1. The summed E-state index contributed by atoms with van der Waals surface area (Å²) in [6.45, 7) is 8.29. The SMILES string of the molecule is CC(C)(C)OCC1CCN(S(=O)O)CC1. The summed E-state index contributed by atoms with van der Waals surface area (Å²) in [5, 5.41) is 0. The van der Waals surface area contributed by atoms with Crippen molar-refractivity contribution in [2.24, 2.45) is 5.92 Å². The third-order valence-corrected chi connectivity index (χ3v) is 3.35. The number of rotatable bonds is 3. The minimum absolute atomic E-state index is 0.0864. The van der Waals surface area contributed by atoms with Gasteiger partial charge in [-0.05, 0) is 39.5 Å². The van der Waals surface area contributed by atoms with Crippen LogP contribution in [0.4, 0.5) is 0 Å². The second kappa shape index (κ2) is 5.39. The molecule has 15 heavy (non-hydrogen) atoms. The Morgan fingerprint density at radius 3 is 2.33 bits per heavy atom. The second-order valence-electron chi connectivity index (χ2n) is 5.03. The van der Waals surface area contributed by atoms with E-state index in [0.717, 1.165) is 19.4 Å². The van der Waals surface area contributed by atoms with Gasteiger partial charge in [0.15, 0.2) is 0 Å². The molecule has 1 N–H and O–H groups in total. The van der Waals surface area contributed by atoms with Crippen molar-refractivity contribution < 1.29 is 13.5 Å². The summed E-state index contributed by atoms with van der Waals surface area (Å²) in [4.78, 5) is 0. The molecular formula is C10H21NO3S. The molecule has 0 aromatic heterocycles. The van der Waals surface area contributed by atoms with Crippen LogP contribution < -0.4 is 0 Å². The molecule has 1 aliphatic heterocycles. The van der Waals surface area contributed by atoms with E-state index in [9.17, 15) is 4.21 Å². The normalized spacial score (nSPS) is 22.9. The maximum absolute atomic E-state index is 10.8. The third-order valence-electron chi connectivity index (χ3n) is 2.55. The van der Waals surface area contributed by atoms with Gasteiger partial charge in [0.2, 0.25) is 11.3 Å². The summed E-state index contributed by atoms with van der Waals surface area (Å²) in [7, 11) is 0. The van der Waals surface area contributed by atoms with E-state index in [1.54, 1.807) is 4.31 Å². The number of hydrogen-bond acceptors (Lipinski definition) is 2. The first-order valence-electron chi connectivity index (χ1n) is 5.38. The highest BCUT2D eigenvalue weighted by molar-refractivity contribution is 7.76. The smallest absolute Gasteiger partial charge is 0.234 e. The molecule has 1 aliphatic rings. The van der Waals surface area contributed by atoms with Crippen molar-refractivity contribution in [2.45, 2.75) is 39.2 Å². The fourth-order valence-corrected chi connectivity index (χ4v) is 2.12. The van der Waals surface area contributed by atoms with Crippen LogP contribution in [0.25, 0.3) is 0 Å². The Morgan fingerprint density at radius 2 is 1.93 bits per heavy atom. The molecule has 1 atom stereocenters. The molecule has 0 spiro atoms. The van der Waals surface area contributed by atoms with E-state index < -0.39 is 11.3 Å². The molecule has 1 rings (SSSR count). The molecule has 0 radical (unpaired) electrons. The van der Waals surface area contributed by atoms with Crippen molar-refractivity contribution in [3.8, 4) is 0 Å². The lowest BCUT2D eigenvalue weighted by Gasteiger charge is -2.30. The van der Waals surface area contributed by atoms with E-state index in [4.69, 9.17) is 9.29 Å². The minimum atomic E-state index is -1.80. The van der Waals surface area contributed by atoms with Crippen LogP contribution in [0.15, 0.2) is 0 Å². The Bertz CT molecular complexity index is 219. The van der Waals surface area contributed by atoms with Crippen LogP contribution in [0.3, 0.4) is 0 Å². The third kappa shape index (κ3) is 5.06. The zero-order valence-corrected chi connectivity index (χ0v) is 10.5. The van der Waals surface area contributed by atoms with E-state index in [0.29, 0.717) is 19.0 Å². The van der Waals surface area contributed by atoms with E-state index in [1.807, 2.05) is 20.8 Å².